The molecule has 27 heavy (non-hydrogen) atoms. The minimum Gasteiger partial charge on any atom is -0.454 e. The molecule has 140 valence electrons. The Balaban J connectivity index is 1.78. The maximum Gasteiger partial charge on any atom is 0.344 e. The molecule has 0 saturated carbocycles. The lowest BCUT2D eigenvalue weighted by atomic mass is 10.1. The molecule has 1 aromatic carbocycles. The smallest absolute Gasteiger partial charge is 0.344 e. The second-order valence-corrected chi connectivity index (χ2v) is 6.36. The van der Waals surface area contributed by atoms with Crippen LogP contribution in [0.4, 0.5) is 0 Å². The Morgan fingerprint density at radius 3 is 2.48 bits per heavy atom. The van der Waals surface area contributed by atoms with Crippen LogP contribution in [0, 0.1) is 20.8 Å². The predicted molar refractivity (Wildman–Crippen MR) is 101 cm³/mol. The van der Waals surface area contributed by atoms with Crippen LogP contribution in [0.5, 0.6) is 0 Å². The van der Waals surface area contributed by atoms with E-state index in [0.717, 1.165) is 23.5 Å². The van der Waals surface area contributed by atoms with Crippen molar-refractivity contribution >= 4 is 11.8 Å². The molecule has 2 heterocycles. The summed E-state index contributed by atoms with van der Waals surface area (Å²) in [6, 6.07) is 11.1. The third-order valence-corrected chi connectivity index (χ3v) is 4.64. The van der Waals surface area contributed by atoms with Gasteiger partial charge in [0.2, 0.25) is 5.78 Å². The first-order valence-electron chi connectivity index (χ1n) is 8.82. The molecule has 0 aliphatic carbocycles. The molecule has 0 radical (unpaired) electrons. The van der Waals surface area contributed by atoms with Gasteiger partial charge in [-0.2, -0.15) is 0 Å². The van der Waals surface area contributed by atoms with Crippen molar-refractivity contribution < 1.29 is 18.8 Å². The first-order valence-corrected chi connectivity index (χ1v) is 8.82. The van der Waals surface area contributed by atoms with E-state index in [1.165, 1.54) is 0 Å². The van der Waals surface area contributed by atoms with E-state index in [1.807, 2.05) is 61.7 Å². The van der Waals surface area contributed by atoms with Crippen molar-refractivity contribution in [2.24, 2.45) is 0 Å². The van der Waals surface area contributed by atoms with Crippen molar-refractivity contribution in [3.8, 4) is 11.3 Å². The number of carbonyl (C=O) groups excluding carboxylic acids is 2. The Labute approximate surface area is 157 Å². The molecule has 0 atom stereocenters. The number of aryl methyl sites for hydroxylation is 2. The van der Waals surface area contributed by atoms with Gasteiger partial charge in [-0.05, 0) is 33.8 Å². The predicted octanol–water partition coefficient (Wildman–Crippen LogP) is 4.13. The van der Waals surface area contributed by atoms with Gasteiger partial charge in [0.1, 0.15) is 17.0 Å². The van der Waals surface area contributed by atoms with E-state index in [2.05, 4.69) is 5.16 Å². The highest BCUT2D eigenvalue weighted by atomic mass is 16.5. The van der Waals surface area contributed by atoms with Crippen molar-refractivity contribution in [3.63, 3.8) is 0 Å². The molecular formula is C21H22N2O4. The quantitative estimate of drug-likeness (QED) is 0.484. The number of benzene rings is 1. The minimum atomic E-state index is -0.620. The maximum absolute atomic E-state index is 12.6. The molecule has 0 spiro atoms. The Kier molecular flexibility index (Phi) is 5.26. The molecule has 0 bridgehead atoms. The number of ketones is 1. The number of rotatable bonds is 6. The number of ether oxygens (including phenoxy) is 1. The lowest BCUT2D eigenvalue weighted by Crippen LogP contribution is -2.16. The number of hydrogen-bond donors (Lipinski definition) is 0. The summed E-state index contributed by atoms with van der Waals surface area (Å²) in [5, 5.41) is 3.97. The summed E-state index contributed by atoms with van der Waals surface area (Å²) in [6.45, 7) is 7.96. The molecule has 6 heteroatoms. The molecule has 0 fully saturated rings. The van der Waals surface area contributed by atoms with Crippen molar-refractivity contribution in [1.82, 2.24) is 9.72 Å². The number of carbonyl (C=O) groups is 2. The number of esters is 1. The maximum atomic E-state index is 12.6. The minimum absolute atomic E-state index is 0.230. The Morgan fingerprint density at radius 2 is 1.85 bits per heavy atom. The van der Waals surface area contributed by atoms with Crippen LogP contribution in [0.15, 0.2) is 40.9 Å². The van der Waals surface area contributed by atoms with E-state index in [-0.39, 0.29) is 18.0 Å². The SMILES string of the molecule is CCn1c(C)cc(C(=O)COC(=O)c2c(-c3ccccc3)noc2C)c1C. The van der Waals surface area contributed by atoms with E-state index in [0.29, 0.717) is 17.0 Å². The summed E-state index contributed by atoms with van der Waals surface area (Å²) in [7, 11) is 0. The lowest BCUT2D eigenvalue weighted by Gasteiger charge is -2.07. The lowest BCUT2D eigenvalue weighted by molar-refractivity contribution is 0.0473. The zero-order chi connectivity index (χ0) is 19.6. The second kappa shape index (κ2) is 7.61. The highest BCUT2D eigenvalue weighted by Gasteiger charge is 2.24. The fraction of sp³-hybridized carbons (Fsp3) is 0.286. The highest BCUT2D eigenvalue weighted by Crippen LogP contribution is 2.26. The summed E-state index contributed by atoms with van der Waals surface area (Å²) in [4.78, 5) is 25.1. The molecule has 2 aromatic heterocycles. The van der Waals surface area contributed by atoms with Crippen LogP contribution in [-0.4, -0.2) is 28.1 Å². The number of nitrogens with zero attached hydrogens (tertiary/aromatic N) is 2. The van der Waals surface area contributed by atoms with Crippen molar-refractivity contribution in [3.05, 3.63) is 64.7 Å². The summed E-state index contributed by atoms with van der Waals surface area (Å²) >= 11 is 0. The van der Waals surface area contributed by atoms with Crippen molar-refractivity contribution in [1.29, 1.82) is 0 Å². The number of aromatic nitrogens is 2. The van der Waals surface area contributed by atoms with Crippen LogP contribution < -0.4 is 0 Å². The zero-order valence-electron chi connectivity index (χ0n) is 15.9. The van der Waals surface area contributed by atoms with Gasteiger partial charge in [-0.3, -0.25) is 4.79 Å². The molecule has 6 nitrogen and oxygen atoms in total. The summed E-state index contributed by atoms with van der Waals surface area (Å²) < 4.78 is 12.5. The molecule has 0 N–H and O–H groups in total. The molecule has 0 saturated heterocycles. The third-order valence-electron chi connectivity index (χ3n) is 4.64. The van der Waals surface area contributed by atoms with Crippen LogP contribution in [0.25, 0.3) is 11.3 Å². The van der Waals surface area contributed by atoms with Crippen LogP contribution >= 0.6 is 0 Å². The molecule has 3 aromatic rings. The van der Waals surface area contributed by atoms with E-state index < -0.39 is 5.97 Å². The van der Waals surface area contributed by atoms with Gasteiger partial charge < -0.3 is 13.8 Å². The topological polar surface area (TPSA) is 74.3 Å². The van der Waals surface area contributed by atoms with Gasteiger partial charge in [0.05, 0.1) is 0 Å². The first-order chi connectivity index (χ1) is 12.9. The van der Waals surface area contributed by atoms with Gasteiger partial charge in [0, 0.05) is 29.1 Å². The van der Waals surface area contributed by atoms with E-state index in [4.69, 9.17) is 9.26 Å². The van der Waals surface area contributed by atoms with E-state index in [1.54, 1.807) is 6.92 Å². The molecular weight excluding hydrogens is 344 g/mol. The van der Waals surface area contributed by atoms with Crippen LogP contribution in [0.1, 0.15) is 44.8 Å². The fourth-order valence-corrected chi connectivity index (χ4v) is 3.26. The van der Waals surface area contributed by atoms with Crippen LogP contribution in [-0.2, 0) is 11.3 Å². The van der Waals surface area contributed by atoms with Gasteiger partial charge >= 0.3 is 5.97 Å². The van der Waals surface area contributed by atoms with E-state index in [9.17, 15) is 9.59 Å². The molecule has 0 aliphatic heterocycles. The third kappa shape index (κ3) is 3.56. The second-order valence-electron chi connectivity index (χ2n) is 6.36. The summed E-state index contributed by atoms with van der Waals surface area (Å²) in [5.41, 5.74) is 3.86. The Morgan fingerprint density at radius 1 is 1.15 bits per heavy atom. The fourth-order valence-electron chi connectivity index (χ4n) is 3.26. The number of hydrogen-bond acceptors (Lipinski definition) is 5. The van der Waals surface area contributed by atoms with Crippen molar-refractivity contribution in [2.75, 3.05) is 6.61 Å². The summed E-state index contributed by atoms with van der Waals surface area (Å²) in [5.74, 6) is -0.493. The van der Waals surface area contributed by atoms with Crippen LogP contribution in [0.3, 0.4) is 0 Å². The Hall–Kier alpha value is -3.15. The molecule has 0 amide bonds. The van der Waals surface area contributed by atoms with Gasteiger partial charge in [-0.15, -0.1) is 0 Å². The molecule has 0 unspecified atom stereocenters. The average molecular weight is 366 g/mol. The van der Waals surface area contributed by atoms with Gasteiger partial charge in [-0.25, -0.2) is 4.79 Å². The zero-order valence-corrected chi connectivity index (χ0v) is 15.9. The van der Waals surface area contributed by atoms with Gasteiger partial charge in [0.15, 0.2) is 6.61 Å². The van der Waals surface area contributed by atoms with E-state index >= 15 is 0 Å². The Bertz CT molecular complexity index is 983. The number of Topliss-reactive ketones (excluding diaryl/α,β-unsaturated/α-hetero) is 1. The van der Waals surface area contributed by atoms with Crippen molar-refractivity contribution in [2.45, 2.75) is 34.2 Å². The first kappa shape index (κ1) is 18.6. The monoisotopic (exact) mass is 366 g/mol. The standard InChI is InChI=1S/C21H22N2O4/c1-5-23-13(2)11-17(14(23)3)18(24)12-26-21(25)19-15(4)27-22-20(19)16-9-7-6-8-10-16/h6-11H,5,12H2,1-4H3. The van der Waals surface area contributed by atoms with Crippen LogP contribution in [0.2, 0.25) is 0 Å². The van der Waals surface area contributed by atoms with Gasteiger partial charge in [-0.1, -0.05) is 35.5 Å². The average Bonchev–Trinajstić information content (AvgIpc) is 3.19. The normalized spacial score (nSPS) is 10.8. The highest BCUT2D eigenvalue weighted by molar-refractivity contribution is 6.02. The largest absolute Gasteiger partial charge is 0.454 e. The molecule has 3 rings (SSSR count). The summed E-state index contributed by atoms with van der Waals surface area (Å²) in [6.07, 6.45) is 0. The van der Waals surface area contributed by atoms with Gasteiger partial charge in [0.25, 0.3) is 0 Å². The molecule has 0 aliphatic rings.